The number of carbonyl (C=O) groups excluding carboxylic acids is 1. The molecule has 3 aromatic carbocycles. The molecule has 0 saturated carbocycles. The van der Waals surface area contributed by atoms with Crippen molar-refractivity contribution in [3.8, 4) is 0 Å². The number of anilines is 1. The first-order valence-corrected chi connectivity index (χ1v) is 8.27. The molecular formula is C20H15Cl2NO. The first kappa shape index (κ1) is 16.6. The van der Waals surface area contributed by atoms with Crippen molar-refractivity contribution >= 4 is 34.8 Å². The zero-order chi connectivity index (χ0) is 16.9. The largest absolute Gasteiger partial charge is 0.321 e. The van der Waals surface area contributed by atoms with E-state index in [0.717, 1.165) is 11.1 Å². The Balaban J connectivity index is 1.85. The summed E-state index contributed by atoms with van der Waals surface area (Å²) in [4.78, 5) is 12.7. The molecule has 1 N–H and O–H groups in total. The predicted molar refractivity (Wildman–Crippen MR) is 100 cm³/mol. The first-order chi connectivity index (χ1) is 11.6. The number of carbonyl (C=O) groups is 1. The summed E-state index contributed by atoms with van der Waals surface area (Å²) in [5.74, 6) is -0.189. The lowest BCUT2D eigenvalue weighted by Gasteiger charge is -2.11. The van der Waals surface area contributed by atoms with Crippen molar-refractivity contribution < 1.29 is 4.79 Å². The fourth-order valence-electron chi connectivity index (χ4n) is 2.49. The van der Waals surface area contributed by atoms with Gasteiger partial charge in [-0.3, -0.25) is 4.79 Å². The summed E-state index contributed by atoms with van der Waals surface area (Å²) in [7, 11) is 0. The third-order valence-corrected chi connectivity index (χ3v) is 4.23. The van der Waals surface area contributed by atoms with Gasteiger partial charge in [-0.1, -0.05) is 71.7 Å². The second-order valence-corrected chi connectivity index (χ2v) is 6.24. The molecule has 0 fully saturated rings. The number of amides is 1. The van der Waals surface area contributed by atoms with Gasteiger partial charge in [-0.15, -0.1) is 0 Å². The number of benzene rings is 3. The summed E-state index contributed by atoms with van der Waals surface area (Å²) >= 11 is 12.0. The molecular weight excluding hydrogens is 341 g/mol. The van der Waals surface area contributed by atoms with Crippen LogP contribution in [0.1, 0.15) is 21.5 Å². The van der Waals surface area contributed by atoms with Gasteiger partial charge < -0.3 is 5.32 Å². The molecule has 0 radical (unpaired) electrons. The minimum atomic E-state index is -0.189. The highest BCUT2D eigenvalue weighted by molar-refractivity contribution is 6.36. The van der Waals surface area contributed by atoms with Gasteiger partial charge in [-0.25, -0.2) is 0 Å². The molecule has 3 rings (SSSR count). The van der Waals surface area contributed by atoms with Gasteiger partial charge in [0.1, 0.15) is 0 Å². The van der Waals surface area contributed by atoms with Crippen LogP contribution in [-0.2, 0) is 6.42 Å². The minimum absolute atomic E-state index is 0.189. The summed E-state index contributed by atoms with van der Waals surface area (Å²) in [5, 5.41) is 3.79. The molecule has 0 aliphatic rings. The highest BCUT2D eigenvalue weighted by Gasteiger charge is 2.13. The van der Waals surface area contributed by atoms with E-state index in [0.29, 0.717) is 27.7 Å². The van der Waals surface area contributed by atoms with Crippen LogP contribution in [0.5, 0.6) is 0 Å². The summed E-state index contributed by atoms with van der Waals surface area (Å²) < 4.78 is 0. The van der Waals surface area contributed by atoms with E-state index in [1.807, 2.05) is 54.6 Å². The van der Waals surface area contributed by atoms with Gasteiger partial charge in [-0.2, -0.15) is 0 Å². The lowest BCUT2D eigenvalue weighted by molar-refractivity contribution is 0.102. The summed E-state index contributed by atoms with van der Waals surface area (Å²) in [6.45, 7) is 0. The first-order valence-electron chi connectivity index (χ1n) is 7.52. The Bertz CT molecular complexity index is 863. The second kappa shape index (κ2) is 7.52. The molecule has 0 unspecified atom stereocenters. The molecule has 3 aromatic rings. The smallest absolute Gasteiger partial charge is 0.255 e. The second-order valence-electron chi connectivity index (χ2n) is 5.40. The van der Waals surface area contributed by atoms with Crippen molar-refractivity contribution in [2.75, 3.05) is 5.32 Å². The van der Waals surface area contributed by atoms with Gasteiger partial charge in [-0.05, 0) is 41.8 Å². The number of hydrogen-bond donors (Lipinski definition) is 1. The molecule has 120 valence electrons. The minimum Gasteiger partial charge on any atom is -0.321 e. The van der Waals surface area contributed by atoms with E-state index >= 15 is 0 Å². The SMILES string of the molecule is O=C(Nc1ccc(Cl)cc1Cl)c1ccccc1Cc1ccccc1. The van der Waals surface area contributed by atoms with Crippen LogP contribution in [0.15, 0.2) is 72.8 Å². The van der Waals surface area contributed by atoms with E-state index in [9.17, 15) is 4.79 Å². The van der Waals surface area contributed by atoms with E-state index in [-0.39, 0.29) is 5.91 Å². The van der Waals surface area contributed by atoms with E-state index in [1.165, 1.54) is 0 Å². The maximum absolute atomic E-state index is 12.7. The lowest BCUT2D eigenvalue weighted by Crippen LogP contribution is -2.14. The van der Waals surface area contributed by atoms with Gasteiger partial charge in [0.25, 0.3) is 5.91 Å². The molecule has 0 bridgehead atoms. The Labute approximate surface area is 151 Å². The van der Waals surface area contributed by atoms with E-state index in [2.05, 4.69) is 5.32 Å². The van der Waals surface area contributed by atoms with Gasteiger partial charge in [0.15, 0.2) is 0 Å². The average molecular weight is 356 g/mol. The normalized spacial score (nSPS) is 10.4. The van der Waals surface area contributed by atoms with Gasteiger partial charge >= 0.3 is 0 Å². The number of halogens is 2. The van der Waals surface area contributed by atoms with Crippen molar-refractivity contribution in [1.82, 2.24) is 0 Å². The third-order valence-electron chi connectivity index (χ3n) is 3.68. The molecule has 1 amide bonds. The van der Waals surface area contributed by atoms with Crippen molar-refractivity contribution in [2.45, 2.75) is 6.42 Å². The quantitative estimate of drug-likeness (QED) is 0.625. The van der Waals surface area contributed by atoms with Crippen LogP contribution in [-0.4, -0.2) is 5.91 Å². The van der Waals surface area contributed by atoms with E-state index in [4.69, 9.17) is 23.2 Å². The summed E-state index contributed by atoms with van der Waals surface area (Å²) in [6.07, 6.45) is 0.693. The maximum Gasteiger partial charge on any atom is 0.255 e. The van der Waals surface area contributed by atoms with E-state index in [1.54, 1.807) is 18.2 Å². The lowest BCUT2D eigenvalue weighted by atomic mass is 9.99. The zero-order valence-corrected chi connectivity index (χ0v) is 14.3. The number of rotatable bonds is 4. The highest BCUT2D eigenvalue weighted by Crippen LogP contribution is 2.26. The monoisotopic (exact) mass is 355 g/mol. The van der Waals surface area contributed by atoms with Crippen molar-refractivity contribution in [3.05, 3.63) is 99.5 Å². The van der Waals surface area contributed by atoms with Gasteiger partial charge in [0.2, 0.25) is 0 Å². The van der Waals surface area contributed by atoms with Crippen LogP contribution < -0.4 is 5.32 Å². The van der Waals surface area contributed by atoms with Crippen molar-refractivity contribution in [3.63, 3.8) is 0 Å². The molecule has 0 saturated heterocycles. The Morgan fingerprint density at radius 2 is 1.58 bits per heavy atom. The Hall–Kier alpha value is -2.29. The van der Waals surface area contributed by atoms with Crippen LogP contribution >= 0.6 is 23.2 Å². The number of hydrogen-bond acceptors (Lipinski definition) is 1. The Morgan fingerprint density at radius 3 is 2.33 bits per heavy atom. The van der Waals surface area contributed by atoms with Crippen LogP contribution in [0, 0.1) is 0 Å². The molecule has 4 heteroatoms. The van der Waals surface area contributed by atoms with Gasteiger partial charge in [0.05, 0.1) is 10.7 Å². The highest BCUT2D eigenvalue weighted by atomic mass is 35.5. The zero-order valence-electron chi connectivity index (χ0n) is 12.8. The number of nitrogens with one attached hydrogen (secondary N) is 1. The standard InChI is InChI=1S/C20H15Cl2NO/c21-16-10-11-19(18(22)13-16)23-20(24)17-9-5-4-8-15(17)12-14-6-2-1-3-7-14/h1-11,13H,12H2,(H,23,24). The molecule has 24 heavy (non-hydrogen) atoms. The predicted octanol–water partition coefficient (Wildman–Crippen LogP) is 5.84. The Morgan fingerprint density at radius 1 is 0.875 bits per heavy atom. The molecule has 0 spiro atoms. The fourth-order valence-corrected chi connectivity index (χ4v) is 2.95. The molecule has 2 nitrogen and oxygen atoms in total. The maximum atomic E-state index is 12.7. The van der Waals surface area contributed by atoms with Crippen LogP contribution in [0.25, 0.3) is 0 Å². The van der Waals surface area contributed by atoms with E-state index < -0.39 is 0 Å². The Kier molecular flexibility index (Phi) is 5.19. The molecule has 0 heterocycles. The summed E-state index contributed by atoms with van der Waals surface area (Å²) in [6, 6.07) is 22.6. The molecule has 0 aromatic heterocycles. The van der Waals surface area contributed by atoms with Crippen LogP contribution in [0.3, 0.4) is 0 Å². The van der Waals surface area contributed by atoms with Crippen LogP contribution in [0.4, 0.5) is 5.69 Å². The molecule has 0 atom stereocenters. The third kappa shape index (κ3) is 3.97. The van der Waals surface area contributed by atoms with Crippen LogP contribution in [0.2, 0.25) is 10.0 Å². The fraction of sp³-hybridized carbons (Fsp3) is 0.0500. The van der Waals surface area contributed by atoms with Crippen molar-refractivity contribution in [1.29, 1.82) is 0 Å². The topological polar surface area (TPSA) is 29.1 Å². The van der Waals surface area contributed by atoms with Crippen molar-refractivity contribution in [2.24, 2.45) is 0 Å². The summed E-state index contributed by atoms with van der Waals surface area (Å²) in [5.41, 5.74) is 3.29. The molecule has 0 aliphatic carbocycles. The van der Waals surface area contributed by atoms with Gasteiger partial charge in [0, 0.05) is 10.6 Å². The average Bonchev–Trinajstić information content (AvgIpc) is 2.59. The molecule has 0 aliphatic heterocycles.